The summed E-state index contributed by atoms with van der Waals surface area (Å²) in [6, 6.07) is 0. The Hall–Kier alpha value is -3.96. The van der Waals surface area contributed by atoms with Gasteiger partial charge in [0.25, 0.3) is 0 Å². The van der Waals surface area contributed by atoms with Gasteiger partial charge in [0.05, 0.1) is 6.61 Å². The second kappa shape index (κ2) is 59.3. The van der Waals surface area contributed by atoms with Crippen LogP contribution >= 0.6 is 0 Å². The van der Waals surface area contributed by atoms with Crippen molar-refractivity contribution in [3.8, 4) is 0 Å². The zero-order valence-electron chi connectivity index (χ0n) is 45.5. The maximum absolute atomic E-state index is 12.8. The summed E-state index contributed by atoms with van der Waals surface area (Å²) < 4.78 is 17.4. The van der Waals surface area contributed by atoms with E-state index in [9.17, 15) is 9.59 Å². The Morgan fingerprint density at radius 1 is 0.329 bits per heavy atom. The Kier molecular flexibility index (Phi) is 56.0. The lowest BCUT2D eigenvalue weighted by atomic mass is 10.1. The molecule has 1 unspecified atom stereocenters. The van der Waals surface area contributed by atoms with Crippen LogP contribution in [0.5, 0.6) is 0 Å². The fraction of sp³-hybridized carbons (Fsp3) is 0.631. The Labute approximate surface area is 432 Å². The van der Waals surface area contributed by atoms with E-state index in [0.717, 1.165) is 116 Å². The van der Waals surface area contributed by atoms with Crippen LogP contribution in [-0.2, 0) is 23.8 Å². The number of rotatable bonds is 51. The number of ether oxygens (including phenoxy) is 3. The van der Waals surface area contributed by atoms with E-state index in [0.29, 0.717) is 19.4 Å². The van der Waals surface area contributed by atoms with Gasteiger partial charge in [-0.05, 0) is 128 Å². The molecule has 0 spiro atoms. The number of allylic oxidation sites excluding steroid dienone is 22. The lowest BCUT2D eigenvalue weighted by Crippen LogP contribution is -2.30. The van der Waals surface area contributed by atoms with Crippen LogP contribution in [0.25, 0.3) is 0 Å². The summed E-state index contributed by atoms with van der Waals surface area (Å²) in [5, 5.41) is 0. The molecule has 70 heavy (non-hydrogen) atoms. The van der Waals surface area contributed by atoms with E-state index in [4.69, 9.17) is 14.2 Å². The van der Waals surface area contributed by atoms with Gasteiger partial charge in [-0.3, -0.25) is 9.59 Å². The van der Waals surface area contributed by atoms with Gasteiger partial charge in [-0.1, -0.05) is 231 Å². The maximum atomic E-state index is 12.8. The zero-order chi connectivity index (χ0) is 50.6. The van der Waals surface area contributed by atoms with Crippen LogP contribution < -0.4 is 0 Å². The van der Waals surface area contributed by atoms with Crippen LogP contribution in [0.1, 0.15) is 239 Å². The molecule has 0 aliphatic rings. The average molecular weight is 968 g/mol. The molecule has 0 amide bonds. The topological polar surface area (TPSA) is 61.8 Å². The lowest BCUT2D eigenvalue weighted by molar-refractivity contribution is -0.162. The van der Waals surface area contributed by atoms with Gasteiger partial charge < -0.3 is 14.2 Å². The molecule has 0 aromatic heterocycles. The smallest absolute Gasteiger partial charge is 0.306 e. The van der Waals surface area contributed by atoms with E-state index >= 15 is 0 Å². The van der Waals surface area contributed by atoms with Gasteiger partial charge in [-0.2, -0.15) is 0 Å². The van der Waals surface area contributed by atoms with E-state index in [2.05, 4.69) is 154 Å². The summed E-state index contributed by atoms with van der Waals surface area (Å²) in [5.74, 6) is -0.489. The van der Waals surface area contributed by atoms with Gasteiger partial charge in [-0.25, -0.2) is 0 Å². The SMILES string of the molecule is CC/C=C\C/C=C\C/C=C\C/C=C\C/C=C\CCCC(=O)OC(COCCCCCCCCCC/C=C\C/C=C\CCCCC)COC(=O)CCCCCCCC/C=C\C/C=C\C/C=C\C/C=C\CC. The van der Waals surface area contributed by atoms with Crippen molar-refractivity contribution in [2.24, 2.45) is 0 Å². The first kappa shape index (κ1) is 66.0. The first-order valence-corrected chi connectivity index (χ1v) is 28.7. The standard InChI is InChI=1S/C65H106O5/c1-4-7-10-13-16-19-22-25-28-31-33-35-37-40-43-46-49-52-55-58-64(66)69-62-63(61-68-60-57-54-51-48-45-42-39-36-32-29-26-23-20-17-14-11-8-5-2)70-65(67)59-56-53-50-47-44-41-38-34-30-27-24-21-18-15-12-9-6-3/h7,9-10,12,16-21,25-30,33,35,38,41,47,50,63H,4-6,8,11,13-15,22-24,31-32,34,36-37,39-40,42-46,48-49,51-62H2,1-3H3/b10-7-,12-9-,19-16-,20-17-,21-18-,28-25-,29-26-,30-27-,35-33-,41-38-,50-47-. The molecule has 0 rings (SSSR count). The molecule has 0 aliphatic carbocycles. The second-order valence-corrected chi connectivity index (χ2v) is 18.4. The second-order valence-electron chi connectivity index (χ2n) is 18.4. The highest BCUT2D eigenvalue weighted by Crippen LogP contribution is 2.13. The molecule has 0 aromatic rings. The van der Waals surface area contributed by atoms with Crippen molar-refractivity contribution in [2.75, 3.05) is 19.8 Å². The van der Waals surface area contributed by atoms with Crippen LogP contribution in [0.2, 0.25) is 0 Å². The highest BCUT2D eigenvalue weighted by molar-refractivity contribution is 5.70. The normalized spacial score (nSPS) is 13.2. The van der Waals surface area contributed by atoms with Crippen molar-refractivity contribution in [3.05, 3.63) is 134 Å². The molecule has 0 aliphatic heterocycles. The molecule has 5 heteroatoms. The molecule has 5 nitrogen and oxygen atoms in total. The van der Waals surface area contributed by atoms with Gasteiger partial charge >= 0.3 is 11.9 Å². The maximum Gasteiger partial charge on any atom is 0.306 e. The van der Waals surface area contributed by atoms with E-state index in [1.54, 1.807) is 0 Å². The molecule has 0 saturated heterocycles. The Balaban J connectivity index is 4.43. The summed E-state index contributed by atoms with van der Waals surface area (Å²) in [4.78, 5) is 25.5. The van der Waals surface area contributed by atoms with Crippen molar-refractivity contribution < 1.29 is 23.8 Å². The number of carbonyl (C=O) groups is 2. The van der Waals surface area contributed by atoms with Crippen molar-refractivity contribution >= 4 is 11.9 Å². The zero-order valence-corrected chi connectivity index (χ0v) is 45.5. The molecule has 0 N–H and O–H groups in total. The minimum absolute atomic E-state index is 0.0443. The van der Waals surface area contributed by atoms with Crippen molar-refractivity contribution in [1.29, 1.82) is 0 Å². The molecular weight excluding hydrogens is 861 g/mol. The number of hydrogen-bond donors (Lipinski definition) is 0. The van der Waals surface area contributed by atoms with Crippen LogP contribution in [0.15, 0.2) is 134 Å². The molecule has 396 valence electrons. The minimum Gasteiger partial charge on any atom is -0.462 e. The highest BCUT2D eigenvalue weighted by Gasteiger charge is 2.17. The molecule has 0 radical (unpaired) electrons. The predicted octanol–water partition coefficient (Wildman–Crippen LogP) is 19.9. The summed E-state index contributed by atoms with van der Waals surface area (Å²) >= 11 is 0. The molecule has 0 fully saturated rings. The first-order valence-electron chi connectivity index (χ1n) is 28.7. The van der Waals surface area contributed by atoms with Gasteiger partial charge in [0.2, 0.25) is 0 Å². The van der Waals surface area contributed by atoms with E-state index in [-0.39, 0.29) is 25.2 Å². The van der Waals surface area contributed by atoms with Crippen LogP contribution in [0.3, 0.4) is 0 Å². The first-order chi connectivity index (χ1) is 34.6. The molecule has 1 atom stereocenters. The largest absolute Gasteiger partial charge is 0.462 e. The monoisotopic (exact) mass is 967 g/mol. The fourth-order valence-electron chi connectivity index (χ4n) is 7.45. The quantitative estimate of drug-likeness (QED) is 0.0345. The summed E-state index contributed by atoms with van der Waals surface area (Å²) in [5.41, 5.74) is 0. The number of esters is 2. The minimum atomic E-state index is -0.586. The molecule has 0 heterocycles. The van der Waals surface area contributed by atoms with Crippen LogP contribution in [-0.4, -0.2) is 37.9 Å². The lowest BCUT2D eigenvalue weighted by Gasteiger charge is -2.18. The van der Waals surface area contributed by atoms with Gasteiger partial charge in [-0.15, -0.1) is 0 Å². The fourth-order valence-corrected chi connectivity index (χ4v) is 7.45. The molecule has 0 saturated carbocycles. The third-order valence-electron chi connectivity index (χ3n) is 11.7. The highest BCUT2D eigenvalue weighted by atomic mass is 16.6. The van der Waals surface area contributed by atoms with Gasteiger partial charge in [0.1, 0.15) is 6.61 Å². The molecule has 0 bridgehead atoms. The van der Waals surface area contributed by atoms with Crippen molar-refractivity contribution in [2.45, 2.75) is 245 Å². The van der Waals surface area contributed by atoms with Gasteiger partial charge in [0.15, 0.2) is 6.10 Å². The van der Waals surface area contributed by atoms with Crippen LogP contribution in [0.4, 0.5) is 0 Å². The Morgan fingerprint density at radius 3 is 1.07 bits per heavy atom. The summed E-state index contributed by atoms with van der Waals surface area (Å²) in [6.07, 6.45) is 84.7. The number of carbonyl (C=O) groups excluding carboxylic acids is 2. The Bertz CT molecular complexity index is 1470. The molecular formula is C65H106O5. The van der Waals surface area contributed by atoms with E-state index in [1.807, 2.05) is 0 Å². The average Bonchev–Trinajstić information content (AvgIpc) is 3.36. The predicted molar refractivity (Wildman–Crippen MR) is 306 cm³/mol. The number of unbranched alkanes of at least 4 members (excludes halogenated alkanes) is 18. The third-order valence-corrected chi connectivity index (χ3v) is 11.7. The molecule has 0 aromatic carbocycles. The third kappa shape index (κ3) is 56.6. The Morgan fingerprint density at radius 2 is 0.657 bits per heavy atom. The summed E-state index contributed by atoms with van der Waals surface area (Å²) in [7, 11) is 0. The van der Waals surface area contributed by atoms with Crippen molar-refractivity contribution in [1.82, 2.24) is 0 Å². The van der Waals surface area contributed by atoms with Crippen molar-refractivity contribution in [3.63, 3.8) is 0 Å². The van der Waals surface area contributed by atoms with E-state index < -0.39 is 6.10 Å². The summed E-state index contributed by atoms with van der Waals surface area (Å²) in [6.45, 7) is 7.48. The number of hydrogen-bond acceptors (Lipinski definition) is 5. The van der Waals surface area contributed by atoms with E-state index in [1.165, 1.54) is 89.9 Å². The van der Waals surface area contributed by atoms with Crippen LogP contribution in [0, 0.1) is 0 Å². The van der Waals surface area contributed by atoms with Gasteiger partial charge in [0, 0.05) is 19.4 Å².